The summed E-state index contributed by atoms with van der Waals surface area (Å²) in [6.07, 6.45) is 0.145. The van der Waals surface area contributed by atoms with Crippen LogP contribution in [0.3, 0.4) is 0 Å². The number of nitrogens with one attached hydrogen (secondary N) is 1. The molecule has 0 fully saturated rings. The third-order valence-corrected chi connectivity index (χ3v) is 5.22. The fourth-order valence-electron chi connectivity index (χ4n) is 3.62. The number of hydrogen-bond donors (Lipinski definition) is 2. The maximum atomic E-state index is 12.1. The van der Waals surface area contributed by atoms with Crippen molar-refractivity contribution in [3.63, 3.8) is 0 Å². The highest BCUT2D eigenvalue weighted by Crippen LogP contribution is 2.44. The lowest BCUT2D eigenvalue weighted by molar-refractivity contribution is 0.143. The van der Waals surface area contributed by atoms with Crippen LogP contribution in [0, 0.1) is 11.8 Å². The molecule has 29 heavy (non-hydrogen) atoms. The van der Waals surface area contributed by atoms with E-state index in [0.717, 1.165) is 10.5 Å². The molecule has 0 spiro atoms. The van der Waals surface area contributed by atoms with Crippen LogP contribution in [-0.2, 0) is 4.74 Å². The highest BCUT2D eigenvalue weighted by molar-refractivity contribution is 7.80. The highest BCUT2D eigenvalue weighted by Gasteiger charge is 2.28. The predicted octanol–water partition coefficient (Wildman–Crippen LogP) is 5.26. The lowest BCUT2D eigenvalue weighted by Crippen LogP contribution is -2.26. The zero-order chi connectivity index (χ0) is 20.1. The van der Waals surface area contributed by atoms with Gasteiger partial charge in [0.05, 0.1) is 0 Å². The Hall–Kier alpha value is -3.16. The SMILES string of the molecule is O=C(NCCC#Cc1cccc(S)c1)OCC1c2ccccc2-c2ccccc21. The van der Waals surface area contributed by atoms with Gasteiger partial charge in [0.1, 0.15) is 6.61 Å². The molecule has 0 saturated carbocycles. The number of fused-ring (bicyclic) bond motifs is 3. The molecule has 0 aromatic heterocycles. The van der Waals surface area contributed by atoms with E-state index in [1.54, 1.807) is 0 Å². The predicted molar refractivity (Wildman–Crippen MR) is 118 cm³/mol. The third-order valence-electron chi connectivity index (χ3n) is 4.94. The van der Waals surface area contributed by atoms with Gasteiger partial charge in [-0.1, -0.05) is 66.4 Å². The maximum Gasteiger partial charge on any atom is 0.407 e. The first-order valence-electron chi connectivity index (χ1n) is 9.59. The summed E-state index contributed by atoms with van der Waals surface area (Å²) < 4.78 is 5.51. The Labute approximate surface area is 176 Å². The lowest BCUT2D eigenvalue weighted by atomic mass is 9.98. The van der Waals surface area contributed by atoms with Gasteiger partial charge in [0, 0.05) is 29.3 Å². The molecular formula is C25H21NO2S. The Morgan fingerprint density at radius 3 is 2.34 bits per heavy atom. The summed E-state index contributed by atoms with van der Waals surface area (Å²) in [5.41, 5.74) is 5.77. The van der Waals surface area contributed by atoms with Gasteiger partial charge in [0.25, 0.3) is 0 Å². The molecule has 3 aromatic rings. The minimum absolute atomic E-state index is 0.0708. The summed E-state index contributed by atoms with van der Waals surface area (Å²) in [6.45, 7) is 0.768. The van der Waals surface area contributed by atoms with Crippen LogP contribution < -0.4 is 5.32 Å². The molecule has 0 unspecified atom stereocenters. The molecule has 0 aliphatic heterocycles. The van der Waals surface area contributed by atoms with Gasteiger partial charge >= 0.3 is 6.09 Å². The van der Waals surface area contributed by atoms with Crippen molar-refractivity contribution in [2.24, 2.45) is 0 Å². The molecule has 0 saturated heterocycles. The molecule has 0 radical (unpaired) electrons. The minimum Gasteiger partial charge on any atom is -0.449 e. The summed E-state index contributed by atoms with van der Waals surface area (Å²) in [5, 5.41) is 2.77. The van der Waals surface area contributed by atoms with Gasteiger partial charge in [-0.25, -0.2) is 4.79 Å². The number of thiol groups is 1. The van der Waals surface area contributed by atoms with Crippen LogP contribution >= 0.6 is 12.6 Å². The fraction of sp³-hybridized carbons (Fsp3) is 0.160. The number of carbonyl (C=O) groups excluding carboxylic acids is 1. The lowest BCUT2D eigenvalue weighted by Gasteiger charge is -2.14. The van der Waals surface area contributed by atoms with Crippen molar-refractivity contribution in [3.05, 3.63) is 89.5 Å². The zero-order valence-electron chi connectivity index (χ0n) is 15.9. The molecule has 3 aromatic carbocycles. The van der Waals surface area contributed by atoms with Crippen LogP contribution in [0.25, 0.3) is 11.1 Å². The normalized spacial score (nSPS) is 11.8. The first kappa shape index (κ1) is 19.2. The molecule has 0 heterocycles. The van der Waals surface area contributed by atoms with Crippen LogP contribution in [0.5, 0.6) is 0 Å². The Bertz CT molecular complexity index is 1050. The third kappa shape index (κ3) is 4.47. The number of hydrogen-bond acceptors (Lipinski definition) is 3. The standard InChI is InChI=1S/C25H21NO2S/c27-25(26-15-6-5-8-18-9-7-10-19(29)16-18)28-17-24-22-13-3-1-11-20(22)21-12-2-4-14-23(21)24/h1-4,7,9-14,16,24,29H,6,15,17H2,(H,26,27). The van der Waals surface area contributed by atoms with E-state index in [1.165, 1.54) is 22.3 Å². The molecule has 144 valence electrons. The van der Waals surface area contributed by atoms with E-state index in [9.17, 15) is 4.79 Å². The van der Waals surface area contributed by atoms with Crippen molar-refractivity contribution in [1.29, 1.82) is 0 Å². The van der Waals surface area contributed by atoms with Gasteiger partial charge in [-0.3, -0.25) is 0 Å². The van der Waals surface area contributed by atoms with Crippen LogP contribution in [0.2, 0.25) is 0 Å². The molecule has 1 aliphatic carbocycles. The topological polar surface area (TPSA) is 38.3 Å². The maximum absolute atomic E-state index is 12.1. The van der Waals surface area contributed by atoms with Crippen LogP contribution in [0.1, 0.15) is 29.0 Å². The monoisotopic (exact) mass is 399 g/mol. The summed E-state index contributed by atoms with van der Waals surface area (Å²) in [7, 11) is 0. The summed E-state index contributed by atoms with van der Waals surface area (Å²) in [5.74, 6) is 6.19. The van der Waals surface area contributed by atoms with Crippen molar-refractivity contribution >= 4 is 18.7 Å². The second-order valence-electron chi connectivity index (χ2n) is 6.85. The number of amides is 1. The summed E-state index contributed by atoms with van der Waals surface area (Å²) >= 11 is 4.30. The number of alkyl carbamates (subject to hydrolysis) is 1. The Morgan fingerprint density at radius 1 is 0.966 bits per heavy atom. The average Bonchev–Trinajstić information content (AvgIpc) is 3.06. The van der Waals surface area contributed by atoms with E-state index >= 15 is 0 Å². The van der Waals surface area contributed by atoms with Crippen molar-refractivity contribution in [2.75, 3.05) is 13.2 Å². The molecular weight excluding hydrogens is 378 g/mol. The van der Waals surface area contributed by atoms with Gasteiger partial charge in [0.15, 0.2) is 0 Å². The fourth-order valence-corrected chi connectivity index (χ4v) is 3.85. The Balaban J connectivity index is 1.29. The van der Waals surface area contributed by atoms with E-state index in [0.29, 0.717) is 19.6 Å². The van der Waals surface area contributed by atoms with Crippen molar-refractivity contribution in [3.8, 4) is 23.0 Å². The molecule has 4 heteroatoms. The van der Waals surface area contributed by atoms with Crippen molar-refractivity contribution < 1.29 is 9.53 Å². The molecule has 0 atom stereocenters. The van der Waals surface area contributed by atoms with Gasteiger partial charge in [0.2, 0.25) is 0 Å². The Morgan fingerprint density at radius 2 is 1.66 bits per heavy atom. The summed E-state index contributed by atoms with van der Waals surface area (Å²) in [4.78, 5) is 13.0. The van der Waals surface area contributed by atoms with E-state index in [-0.39, 0.29) is 5.92 Å². The molecule has 1 amide bonds. The quantitative estimate of drug-likeness (QED) is 0.357. The van der Waals surface area contributed by atoms with E-state index in [1.807, 2.05) is 48.5 Å². The van der Waals surface area contributed by atoms with Crippen LogP contribution in [0.4, 0.5) is 4.79 Å². The number of carbonyl (C=O) groups is 1. The van der Waals surface area contributed by atoms with Gasteiger partial charge < -0.3 is 10.1 Å². The molecule has 1 N–H and O–H groups in total. The molecule has 1 aliphatic rings. The van der Waals surface area contributed by atoms with Crippen molar-refractivity contribution in [2.45, 2.75) is 17.2 Å². The number of rotatable bonds is 4. The first-order valence-corrected chi connectivity index (χ1v) is 10.0. The van der Waals surface area contributed by atoms with Gasteiger partial charge in [-0.2, -0.15) is 0 Å². The second-order valence-corrected chi connectivity index (χ2v) is 7.37. The molecule has 3 nitrogen and oxygen atoms in total. The average molecular weight is 400 g/mol. The molecule has 4 rings (SSSR count). The van der Waals surface area contributed by atoms with Crippen LogP contribution in [0.15, 0.2) is 77.7 Å². The van der Waals surface area contributed by atoms with E-state index in [4.69, 9.17) is 4.74 Å². The minimum atomic E-state index is -0.411. The largest absolute Gasteiger partial charge is 0.449 e. The summed E-state index contributed by atoms with van der Waals surface area (Å²) in [6, 6.07) is 24.3. The van der Waals surface area contributed by atoms with Gasteiger partial charge in [-0.05, 0) is 40.5 Å². The zero-order valence-corrected chi connectivity index (χ0v) is 16.8. The van der Waals surface area contributed by atoms with E-state index < -0.39 is 6.09 Å². The Kier molecular flexibility index (Phi) is 5.88. The smallest absolute Gasteiger partial charge is 0.407 e. The first-order chi connectivity index (χ1) is 14.2. The highest BCUT2D eigenvalue weighted by atomic mass is 32.1. The number of benzene rings is 3. The van der Waals surface area contributed by atoms with Crippen LogP contribution in [-0.4, -0.2) is 19.2 Å². The van der Waals surface area contributed by atoms with Gasteiger partial charge in [-0.15, -0.1) is 12.6 Å². The second kappa shape index (κ2) is 8.89. The van der Waals surface area contributed by atoms with Crippen molar-refractivity contribution in [1.82, 2.24) is 5.32 Å². The number of ether oxygens (including phenoxy) is 1. The van der Waals surface area contributed by atoms with E-state index in [2.05, 4.69) is 54.1 Å². The molecule has 0 bridgehead atoms.